The van der Waals surface area contributed by atoms with Crippen molar-refractivity contribution in [2.45, 2.75) is 11.8 Å². The van der Waals surface area contributed by atoms with Crippen molar-refractivity contribution in [2.75, 3.05) is 13.2 Å². The van der Waals surface area contributed by atoms with Crippen molar-refractivity contribution in [1.82, 2.24) is 0 Å². The summed E-state index contributed by atoms with van der Waals surface area (Å²) in [6.45, 7) is -0.0335. The molecule has 0 spiro atoms. The minimum Gasteiger partial charge on any atom is -0.395 e. The van der Waals surface area contributed by atoms with Gasteiger partial charge in [-0.05, 0) is 41.8 Å². The fraction of sp³-hybridized carbons (Fsp3) is 0.250. The lowest BCUT2D eigenvalue weighted by Gasteiger charge is -2.31. The summed E-state index contributed by atoms with van der Waals surface area (Å²) in [7, 11) is 0. The van der Waals surface area contributed by atoms with E-state index in [-0.39, 0.29) is 24.0 Å². The van der Waals surface area contributed by atoms with E-state index in [0.717, 1.165) is 11.1 Å². The van der Waals surface area contributed by atoms with Crippen LogP contribution in [0.4, 0.5) is 8.78 Å². The third-order valence-electron chi connectivity index (χ3n) is 3.68. The van der Waals surface area contributed by atoms with Gasteiger partial charge in [-0.1, -0.05) is 29.8 Å². The van der Waals surface area contributed by atoms with E-state index in [1.165, 1.54) is 24.3 Å². The minimum atomic E-state index is -0.755. The van der Waals surface area contributed by atoms with Crippen LogP contribution in [0.5, 0.6) is 0 Å². The lowest BCUT2D eigenvalue weighted by atomic mass is 9.76. The molecule has 5 heteroatoms. The first-order valence-electron chi connectivity index (χ1n) is 6.52. The Hall–Kier alpha value is -1.49. The Bertz CT molecular complexity index is 612. The minimum absolute atomic E-state index is 0.0236. The Morgan fingerprint density at radius 1 is 1.10 bits per heavy atom. The second kappa shape index (κ2) is 6.52. The average Bonchev–Trinajstić information content (AvgIpc) is 2.49. The predicted octanol–water partition coefficient (Wildman–Crippen LogP) is 3.05. The summed E-state index contributed by atoms with van der Waals surface area (Å²) in [4.78, 5) is 0. The highest BCUT2D eigenvalue weighted by atomic mass is 35.5. The number of rotatable bonds is 5. The molecular weight excluding hydrogens is 296 g/mol. The summed E-state index contributed by atoms with van der Waals surface area (Å²) >= 11 is 5.78. The van der Waals surface area contributed by atoms with E-state index >= 15 is 0 Å². The van der Waals surface area contributed by atoms with Crippen LogP contribution < -0.4 is 5.73 Å². The molecule has 0 fully saturated rings. The molecular formula is C16H16ClF2NO. The van der Waals surface area contributed by atoms with Gasteiger partial charge in [-0.3, -0.25) is 0 Å². The topological polar surface area (TPSA) is 46.2 Å². The largest absolute Gasteiger partial charge is 0.395 e. The van der Waals surface area contributed by atoms with Crippen molar-refractivity contribution < 1.29 is 13.9 Å². The van der Waals surface area contributed by atoms with E-state index in [0.29, 0.717) is 6.42 Å². The maximum Gasteiger partial charge on any atom is 0.141 e. The molecule has 0 aliphatic rings. The monoisotopic (exact) mass is 311 g/mol. The molecule has 0 radical (unpaired) electrons. The summed E-state index contributed by atoms with van der Waals surface area (Å²) in [5.41, 5.74) is 6.57. The molecule has 0 bridgehead atoms. The lowest BCUT2D eigenvalue weighted by molar-refractivity contribution is 0.196. The molecule has 0 amide bonds. The van der Waals surface area contributed by atoms with Gasteiger partial charge in [-0.15, -0.1) is 0 Å². The van der Waals surface area contributed by atoms with Crippen LogP contribution in [0.25, 0.3) is 0 Å². The highest BCUT2D eigenvalue weighted by Gasteiger charge is 2.30. The van der Waals surface area contributed by atoms with Crippen LogP contribution in [-0.4, -0.2) is 18.3 Å². The maximum absolute atomic E-state index is 13.2. The lowest BCUT2D eigenvalue weighted by Crippen LogP contribution is -2.41. The van der Waals surface area contributed by atoms with Gasteiger partial charge in [0, 0.05) is 12.0 Å². The second-order valence-electron chi connectivity index (χ2n) is 5.07. The Labute approximate surface area is 127 Å². The number of hydrogen-bond acceptors (Lipinski definition) is 2. The van der Waals surface area contributed by atoms with Crippen molar-refractivity contribution in [3.05, 3.63) is 70.2 Å². The van der Waals surface area contributed by atoms with E-state index < -0.39 is 11.2 Å². The maximum atomic E-state index is 13.2. The van der Waals surface area contributed by atoms with Crippen molar-refractivity contribution in [2.24, 2.45) is 5.73 Å². The van der Waals surface area contributed by atoms with E-state index in [1.54, 1.807) is 18.2 Å². The molecule has 112 valence electrons. The van der Waals surface area contributed by atoms with Crippen molar-refractivity contribution in [3.63, 3.8) is 0 Å². The Morgan fingerprint density at radius 3 is 2.29 bits per heavy atom. The first kappa shape index (κ1) is 15.9. The number of hydrogen-bond donors (Lipinski definition) is 2. The van der Waals surface area contributed by atoms with Gasteiger partial charge in [0.15, 0.2) is 0 Å². The molecule has 1 atom stereocenters. The van der Waals surface area contributed by atoms with Gasteiger partial charge in [-0.25, -0.2) is 8.78 Å². The summed E-state index contributed by atoms with van der Waals surface area (Å²) in [5, 5.41) is 9.83. The molecule has 0 aliphatic carbocycles. The summed E-state index contributed by atoms with van der Waals surface area (Å²) < 4.78 is 26.3. The zero-order chi connectivity index (χ0) is 15.5. The van der Waals surface area contributed by atoms with Crippen molar-refractivity contribution in [1.29, 1.82) is 0 Å². The molecule has 0 saturated carbocycles. The van der Waals surface area contributed by atoms with Crippen LogP contribution in [0.15, 0.2) is 42.5 Å². The molecule has 2 aromatic rings. The second-order valence-corrected chi connectivity index (χ2v) is 5.48. The molecule has 3 N–H and O–H groups in total. The van der Waals surface area contributed by atoms with Gasteiger partial charge in [0.25, 0.3) is 0 Å². The van der Waals surface area contributed by atoms with Crippen LogP contribution in [0.1, 0.15) is 11.1 Å². The van der Waals surface area contributed by atoms with Gasteiger partial charge < -0.3 is 10.8 Å². The zero-order valence-electron chi connectivity index (χ0n) is 11.3. The number of aliphatic hydroxyl groups excluding tert-OH is 1. The SMILES string of the molecule is NCC(CO)(Cc1ccc(F)c(Cl)c1)c1ccc(F)cc1. The third-order valence-corrected chi connectivity index (χ3v) is 3.97. The molecule has 1 unspecified atom stereocenters. The van der Waals surface area contributed by atoms with E-state index in [9.17, 15) is 13.9 Å². The summed E-state index contributed by atoms with van der Waals surface area (Å²) in [6, 6.07) is 10.2. The smallest absolute Gasteiger partial charge is 0.141 e. The van der Waals surface area contributed by atoms with Crippen molar-refractivity contribution in [3.8, 4) is 0 Å². The number of aliphatic hydroxyl groups is 1. The van der Waals surface area contributed by atoms with Crippen molar-refractivity contribution >= 4 is 11.6 Å². The van der Waals surface area contributed by atoms with Crippen LogP contribution in [0, 0.1) is 11.6 Å². The van der Waals surface area contributed by atoms with Crippen LogP contribution >= 0.6 is 11.6 Å². The first-order valence-corrected chi connectivity index (χ1v) is 6.89. The van der Waals surface area contributed by atoms with Gasteiger partial charge in [-0.2, -0.15) is 0 Å². The fourth-order valence-corrected chi connectivity index (χ4v) is 2.55. The zero-order valence-corrected chi connectivity index (χ0v) is 12.1. The highest BCUT2D eigenvalue weighted by Crippen LogP contribution is 2.29. The Balaban J connectivity index is 2.37. The normalized spacial score (nSPS) is 14.0. The van der Waals surface area contributed by atoms with Gasteiger partial charge in [0.2, 0.25) is 0 Å². The Morgan fingerprint density at radius 2 is 1.76 bits per heavy atom. The molecule has 2 aromatic carbocycles. The van der Waals surface area contributed by atoms with E-state index in [2.05, 4.69) is 0 Å². The average molecular weight is 312 g/mol. The number of nitrogens with two attached hydrogens (primary N) is 1. The molecule has 0 aliphatic heterocycles. The fourth-order valence-electron chi connectivity index (χ4n) is 2.35. The highest BCUT2D eigenvalue weighted by molar-refractivity contribution is 6.30. The molecule has 0 heterocycles. The number of halogens is 3. The molecule has 2 rings (SSSR count). The summed E-state index contributed by atoms with van der Waals surface area (Å²) in [6.07, 6.45) is 0.381. The first-order chi connectivity index (χ1) is 10.0. The molecule has 21 heavy (non-hydrogen) atoms. The van der Waals surface area contributed by atoms with E-state index in [4.69, 9.17) is 17.3 Å². The van der Waals surface area contributed by atoms with Crippen LogP contribution in [0.2, 0.25) is 5.02 Å². The van der Waals surface area contributed by atoms with Crippen LogP contribution in [0.3, 0.4) is 0 Å². The van der Waals surface area contributed by atoms with Gasteiger partial charge in [0.1, 0.15) is 11.6 Å². The standard InChI is InChI=1S/C16H16ClF2NO/c17-14-7-11(1-6-15(14)19)8-16(9-20,10-21)12-2-4-13(18)5-3-12/h1-7,21H,8-10,20H2. The molecule has 0 saturated heterocycles. The molecule has 2 nitrogen and oxygen atoms in total. The summed E-state index contributed by atoms with van der Waals surface area (Å²) in [5.74, 6) is -0.850. The Kier molecular flexibility index (Phi) is 4.93. The van der Waals surface area contributed by atoms with E-state index in [1.807, 2.05) is 0 Å². The van der Waals surface area contributed by atoms with Crippen LogP contribution in [-0.2, 0) is 11.8 Å². The van der Waals surface area contributed by atoms with Gasteiger partial charge in [0.05, 0.1) is 11.6 Å². The third kappa shape index (κ3) is 3.40. The predicted molar refractivity (Wildman–Crippen MR) is 79.3 cm³/mol. The van der Waals surface area contributed by atoms with Gasteiger partial charge >= 0.3 is 0 Å². The quantitative estimate of drug-likeness (QED) is 0.891. The number of benzene rings is 2. The molecule has 0 aromatic heterocycles.